The standard InChI is InChI=1S/C16H16F3N3O3/c1-9-10(2)25-22-13(9)20-14(23)21-15(6-7-15)11-4-3-5-12(8-11)24-16(17,18)19/h3-5,8H,6-7H2,1-2H3,(H2,20,21,22,23). The fourth-order valence-electron chi connectivity index (χ4n) is 2.49. The second-order valence-electron chi connectivity index (χ2n) is 5.95. The van der Waals surface area contributed by atoms with Crippen molar-refractivity contribution in [3.05, 3.63) is 41.2 Å². The van der Waals surface area contributed by atoms with Crippen LogP contribution in [0.15, 0.2) is 28.8 Å². The third kappa shape index (κ3) is 3.86. The summed E-state index contributed by atoms with van der Waals surface area (Å²) >= 11 is 0. The minimum atomic E-state index is -4.76. The highest BCUT2D eigenvalue weighted by molar-refractivity contribution is 5.89. The van der Waals surface area contributed by atoms with Gasteiger partial charge >= 0.3 is 12.4 Å². The molecule has 1 aliphatic carbocycles. The van der Waals surface area contributed by atoms with Crippen LogP contribution in [-0.2, 0) is 5.54 Å². The molecule has 1 aromatic heterocycles. The van der Waals surface area contributed by atoms with Gasteiger partial charge in [0.1, 0.15) is 11.5 Å². The third-order valence-corrected chi connectivity index (χ3v) is 4.11. The van der Waals surface area contributed by atoms with Crippen molar-refractivity contribution in [2.24, 2.45) is 0 Å². The van der Waals surface area contributed by atoms with Crippen molar-refractivity contribution in [3.8, 4) is 5.75 Å². The van der Waals surface area contributed by atoms with Crippen LogP contribution < -0.4 is 15.4 Å². The highest BCUT2D eigenvalue weighted by atomic mass is 19.4. The van der Waals surface area contributed by atoms with E-state index in [2.05, 4.69) is 20.5 Å². The minimum Gasteiger partial charge on any atom is -0.406 e. The molecule has 0 aliphatic heterocycles. The first-order chi connectivity index (χ1) is 11.7. The molecule has 3 rings (SSSR count). The number of nitrogens with zero attached hydrogens (tertiary/aromatic N) is 1. The van der Waals surface area contributed by atoms with Crippen molar-refractivity contribution in [2.75, 3.05) is 5.32 Å². The smallest absolute Gasteiger partial charge is 0.406 e. The van der Waals surface area contributed by atoms with Crippen LogP contribution in [0, 0.1) is 13.8 Å². The van der Waals surface area contributed by atoms with Gasteiger partial charge in [0.15, 0.2) is 5.82 Å². The zero-order valence-corrected chi connectivity index (χ0v) is 13.5. The fourth-order valence-corrected chi connectivity index (χ4v) is 2.49. The molecule has 9 heteroatoms. The van der Waals surface area contributed by atoms with Gasteiger partial charge in [0.25, 0.3) is 0 Å². The summed E-state index contributed by atoms with van der Waals surface area (Å²) in [6, 6.07) is 5.11. The molecule has 25 heavy (non-hydrogen) atoms. The van der Waals surface area contributed by atoms with Crippen molar-refractivity contribution in [1.82, 2.24) is 10.5 Å². The molecule has 1 heterocycles. The Morgan fingerprint density at radius 3 is 2.60 bits per heavy atom. The molecule has 0 unspecified atom stereocenters. The predicted molar refractivity (Wildman–Crippen MR) is 82.2 cm³/mol. The summed E-state index contributed by atoms with van der Waals surface area (Å²) in [4.78, 5) is 12.2. The first kappa shape index (κ1) is 17.1. The van der Waals surface area contributed by atoms with Crippen molar-refractivity contribution in [1.29, 1.82) is 0 Å². The van der Waals surface area contributed by atoms with Crippen molar-refractivity contribution >= 4 is 11.8 Å². The van der Waals surface area contributed by atoms with Gasteiger partial charge in [-0.05, 0) is 44.4 Å². The Balaban J connectivity index is 1.71. The normalized spacial score (nSPS) is 15.6. The molecule has 1 aromatic carbocycles. The van der Waals surface area contributed by atoms with Gasteiger partial charge < -0.3 is 14.6 Å². The number of urea groups is 1. The minimum absolute atomic E-state index is 0.306. The van der Waals surface area contributed by atoms with E-state index in [0.29, 0.717) is 35.5 Å². The van der Waals surface area contributed by atoms with Crippen LogP contribution in [0.3, 0.4) is 0 Å². The van der Waals surface area contributed by atoms with E-state index in [4.69, 9.17) is 4.52 Å². The molecule has 0 atom stereocenters. The molecule has 6 nitrogen and oxygen atoms in total. The second-order valence-corrected chi connectivity index (χ2v) is 5.95. The summed E-state index contributed by atoms with van der Waals surface area (Å²) in [7, 11) is 0. The monoisotopic (exact) mass is 355 g/mol. The number of hydrogen-bond donors (Lipinski definition) is 2. The largest absolute Gasteiger partial charge is 0.573 e. The summed E-state index contributed by atoms with van der Waals surface area (Å²) < 4.78 is 46.0. The number of amides is 2. The molecule has 0 spiro atoms. The van der Waals surface area contributed by atoms with E-state index in [1.54, 1.807) is 19.9 Å². The number of carbonyl (C=O) groups excluding carboxylic acids is 1. The molecule has 0 bridgehead atoms. The number of aromatic nitrogens is 1. The van der Waals surface area contributed by atoms with E-state index < -0.39 is 17.9 Å². The van der Waals surface area contributed by atoms with Gasteiger partial charge in [-0.3, -0.25) is 5.32 Å². The van der Waals surface area contributed by atoms with E-state index in [-0.39, 0.29) is 5.75 Å². The summed E-state index contributed by atoms with van der Waals surface area (Å²) in [6.45, 7) is 3.48. The first-order valence-electron chi connectivity index (χ1n) is 7.57. The van der Waals surface area contributed by atoms with Crippen molar-refractivity contribution < 1.29 is 27.2 Å². The average Bonchev–Trinajstić information content (AvgIpc) is 3.23. The highest BCUT2D eigenvalue weighted by Gasteiger charge is 2.46. The number of alkyl halides is 3. The maximum atomic E-state index is 12.4. The van der Waals surface area contributed by atoms with E-state index in [9.17, 15) is 18.0 Å². The molecule has 0 radical (unpaired) electrons. The van der Waals surface area contributed by atoms with Crippen LogP contribution in [-0.4, -0.2) is 17.6 Å². The van der Waals surface area contributed by atoms with Gasteiger partial charge in [-0.25, -0.2) is 4.79 Å². The lowest BCUT2D eigenvalue weighted by atomic mass is 10.0. The summed E-state index contributed by atoms with van der Waals surface area (Å²) in [5.74, 6) is 0.579. The number of rotatable bonds is 4. The molecule has 2 aromatic rings. The molecule has 134 valence electrons. The Hall–Kier alpha value is -2.71. The van der Waals surface area contributed by atoms with Gasteiger partial charge in [0.05, 0.1) is 5.54 Å². The average molecular weight is 355 g/mol. The van der Waals surface area contributed by atoms with Crippen LogP contribution in [0.25, 0.3) is 0 Å². The lowest BCUT2D eigenvalue weighted by Crippen LogP contribution is -2.38. The van der Waals surface area contributed by atoms with Gasteiger partial charge in [0.2, 0.25) is 0 Å². The molecule has 1 aliphatic rings. The van der Waals surface area contributed by atoms with Crippen LogP contribution in [0.5, 0.6) is 5.75 Å². The van der Waals surface area contributed by atoms with E-state index >= 15 is 0 Å². The SMILES string of the molecule is Cc1onc(NC(=O)NC2(c3cccc(OC(F)(F)F)c3)CC2)c1C. The van der Waals surface area contributed by atoms with Crippen LogP contribution in [0.1, 0.15) is 29.7 Å². The fraction of sp³-hybridized carbons (Fsp3) is 0.375. The van der Waals surface area contributed by atoms with Gasteiger partial charge in [-0.15, -0.1) is 13.2 Å². The zero-order valence-electron chi connectivity index (χ0n) is 13.5. The maximum absolute atomic E-state index is 12.4. The Kier molecular flexibility index (Phi) is 4.09. The lowest BCUT2D eigenvalue weighted by molar-refractivity contribution is -0.274. The molecule has 2 N–H and O–H groups in total. The lowest BCUT2D eigenvalue weighted by Gasteiger charge is -2.19. The van der Waals surface area contributed by atoms with Crippen LogP contribution >= 0.6 is 0 Å². The second kappa shape index (κ2) is 5.98. The highest BCUT2D eigenvalue weighted by Crippen LogP contribution is 2.46. The predicted octanol–water partition coefficient (Wildman–Crippen LogP) is 4.00. The number of ether oxygens (including phenoxy) is 1. The third-order valence-electron chi connectivity index (χ3n) is 4.11. The number of halogens is 3. The number of benzene rings is 1. The summed E-state index contributed by atoms with van der Waals surface area (Å²) in [5, 5.41) is 9.11. The summed E-state index contributed by atoms with van der Waals surface area (Å²) in [5.41, 5.74) is 0.555. The quantitative estimate of drug-likeness (QED) is 0.869. The molecule has 0 saturated heterocycles. The topological polar surface area (TPSA) is 76.4 Å². The summed E-state index contributed by atoms with van der Waals surface area (Å²) in [6.07, 6.45) is -3.53. The molecule has 1 fully saturated rings. The van der Waals surface area contributed by atoms with E-state index in [0.717, 1.165) is 0 Å². The molecular weight excluding hydrogens is 339 g/mol. The number of aryl methyl sites for hydroxylation is 1. The molecule has 2 amide bonds. The van der Waals surface area contributed by atoms with Crippen molar-refractivity contribution in [3.63, 3.8) is 0 Å². The molecule has 1 saturated carbocycles. The van der Waals surface area contributed by atoms with Crippen LogP contribution in [0.2, 0.25) is 0 Å². The maximum Gasteiger partial charge on any atom is 0.573 e. The van der Waals surface area contributed by atoms with Gasteiger partial charge in [-0.1, -0.05) is 17.3 Å². The number of nitrogens with one attached hydrogen (secondary N) is 2. The Bertz CT molecular complexity index is 797. The number of anilines is 1. The van der Waals surface area contributed by atoms with E-state index in [1.807, 2.05) is 0 Å². The Labute approximate surface area is 141 Å². The Morgan fingerprint density at radius 1 is 1.32 bits per heavy atom. The first-order valence-corrected chi connectivity index (χ1v) is 7.57. The number of carbonyl (C=O) groups is 1. The van der Waals surface area contributed by atoms with Crippen molar-refractivity contribution in [2.45, 2.75) is 38.6 Å². The molecular formula is C16H16F3N3O3. The zero-order chi connectivity index (χ0) is 18.2. The Morgan fingerprint density at radius 2 is 2.04 bits per heavy atom. The van der Waals surface area contributed by atoms with Gasteiger partial charge in [-0.2, -0.15) is 0 Å². The van der Waals surface area contributed by atoms with E-state index in [1.165, 1.54) is 18.2 Å². The van der Waals surface area contributed by atoms with Gasteiger partial charge in [0, 0.05) is 5.56 Å². The van der Waals surface area contributed by atoms with Crippen LogP contribution in [0.4, 0.5) is 23.8 Å². The number of hydrogen-bond acceptors (Lipinski definition) is 4.